The Kier molecular flexibility index (Phi) is 17.6. The van der Waals surface area contributed by atoms with Crippen LogP contribution >= 0.6 is 0 Å². The standard InChI is InChI=1S/C37H47Si.3ClH.Ti/c1-9-28-17-29(10-2)21-34(20-28)38(37-16-15-26(7)27(37)8,35-22-30(11-3)18-31(12-4)23-35)36-24-32(13-5)19-33(14-6)25-36;;;;/h17-25H,9-14,16H2,1-8H3;3*1H;/q-1;;;;+4/p-3. The van der Waals surface area contributed by atoms with Gasteiger partial charge >= 0.3 is 21.7 Å². The van der Waals surface area contributed by atoms with Crippen molar-refractivity contribution >= 4 is 23.6 Å². The normalized spacial score (nSPS) is 12.5. The molecule has 0 saturated heterocycles. The molecule has 0 heterocycles. The molecule has 0 saturated carbocycles. The summed E-state index contributed by atoms with van der Waals surface area (Å²) >= 11 is 0. The zero-order chi connectivity index (χ0) is 27.4. The van der Waals surface area contributed by atoms with Gasteiger partial charge in [0.05, 0.1) is 0 Å². The molecule has 4 rings (SSSR count). The van der Waals surface area contributed by atoms with Crippen LogP contribution in [0, 0.1) is 6.08 Å². The van der Waals surface area contributed by atoms with Crippen LogP contribution in [0.25, 0.3) is 0 Å². The third kappa shape index (κ3) is 7.96. The number of halogens is 3. The van der Waals surface area contributed by atoms with Crippen LogP contribution in [0.1, 0.15) is 95.2 Å². The molecule has 0 unspecified atom stereocenters. The summed E-state index contributed by atoms with van der Waals surface area (Å²) in [6.07, 6.45) is 11.1. The minimum Gasteiger partial charge on any atom is -1.00 e. The number of benzene rings is 3. The Morgan fingerprint density at radius 2 is 0.762 bits per heavy atom. The minimum absolute atomic E-state index is 0. The van der Waals surface area contributed by atoms with E-state index in [-0.39, 0.29) is 58.9 Å². The summed E-state index contributed by atoms with van der Waals surface area (Å²) in [7, 11) is -2.59. The van der Waals surface area contributed by atoms with Crippen molar-refractivity contribution in [2.24, 2.45) is 0 Å². The van der Waals surface area contributed by atoms with E-state index in [1.54, 1.807) is 20.8 Å². The van der Waals surface area contributed by atoms with Gasteiger partial charge in [0.25, 0.3) is 0 Å². The Hall–Kier alpha value is -1.06. The first-order chi connectivity index (χ1) is 18.3. The Bertz CT molecular complexity index is 1190. The van der Waals surface area contributed by atoms with Crippen LogP contribution in [0.5, 0.6) is 0 Å². The van der Waals surface area contributed by atoms with Gasteiger partial charge in [-0.15, -0.1) is 13.3 Å². The monoisotopic (exact) mass is 672 g/mol. The van der Waals surface area contributed by atoms with Crippen LogP contribution < -0.4 is 52.8 Å². The first-order valence-corrected chi connectivity index (χ1v) is 17.0. The van der Waals surface area contributed by atoms with Gasteiger partial charge in [-0.3, -0.25) is 6.08 Å². The molecule has 224 valence electrons. The van der Waals surface area contributed by atoms with Gasteiger partial charge in [0, 0.05) is 0 Å². The summed E-state index contributed by atoms with van der Waals surface area (Å²) in [6.45, 7) is 18.5. The number of hydrogen-bond acceptors (Lipinski definition) is 0. The van der Waals surface area contributed by atoms with Crippen LogP contribution in [0.2, 0.25) is 0 Å². The molecule has 0 nitrogen and oxygen atoms in total. The van der Waals surface area contributed by atoms with E-state index in [1.807, 2.05) is 0 Å². The molecule has 3 aromatic carbocycles. The fourth-order valence-corrected chi connectivity index (χ4v) is 11.9. The van der Waals surface area contributed by atoms with Crippen LogP contribution in [-0.2, 0) is 60.2 Å². The predicted octanol–water partition coefficient (Wildman–Crippen LogP) is -1.45. The van der Waals surface area contributed by atoms with Gasteiger partial charge < -0.3 is 37.2 Å². The molecule has 1 aliphatic rings. The molecule has 42 heavy (non-hydrogen) atoms. The summed E-state index contributed by atoms with van der Waals surface area (Å²) in [5, 5.41) is 6.32. The summed E-state index contributed by atoms with van der Waals surface area (Å²) in [5.41, 5.74) is 11.6. The Labute approximate surface area is 291 Å². The van der Waals surface area contributed by atoms with Crippen molar-refractivity contribution in [3.8, 4) is 0 Å². The first kappa shape index (κ1) is 40.9. The predicted molar refractivity (Wildman–Crippen MR) is 170 cm³/mol. The first-order valence-electron chi connectivity index (χ1n) is 15.0. The SMILES string of the molecule is CCc1cc(CC)cc([Si](C2=C(C)C(C)=[C-]C2)(c2cc(CC)cc(CC)c2)c2cc(CC)cc(CC)c2)c1.[Cl-].[Cl-].[Cl-].[Ti+4]. The quantitative estimate of drug-likeness (QED) is 0.141. The van der Waals surface area contributed by atoms with Crippen LogP contribution in [0.4, 0.5) is 0 Å². The number of rotatable bonds is 10. The summed E-state index contributed by atoms with van der Waals surface area (Å²) in [6, 6.07) is 22.8. The van der Waals surface area contributed by atoms with Crippen molar-refractivity contribution in [2.45, 2.75) is 100 Å². The van der Waals surface area contributed by atoms with E-state index in [0.717, 1.165) is 44.9 Å². The Morgan fingerprint density at radius 3 is 0.952 bits per heavy atom. The van der Waals surface area contributed by atoms with Crippen LogP contribution in [0.3, 0.4) is 0 Å². The molecule has 1 aliphatic carbocycles. The van der Waals surface area contributed by atoms with Gasteiger partial charge in [-0.2, -0.15) is 5.20 Å². The van der Waals surface area contributed by atoms with Crippen molar-refractivity contribution in [2.75, 3.05) is 0 Å². The van der Waals surface area contributed by atoms with Gasteiger partial charge in [0.2, 0.25) is 0 Å². The average molecular weight is 674 g/mol. The zero-order valence-corrected chi connectivity index (χ0v) is 31.6. The van der Waals surface area contributed by atoms with Crippen molar-refractivity contribution < 1.29 is 58.9 Å². The van der Waals surface area contributed by atoms with Crippen LogP contribution in [-0.4, -0.2) is 8.07 Å². The van der Waals surface area contributed by atoms with E-state index in [1.165, 1.54) is 44.5 Å². The molecule has 0 bridgehead atoms. The van der Waals surface area contributed by atoms with Crippen molar-refractivity contribution in [1.29, 1.82) is 0 Å². The molecule has 5 heteroatoms. The maximum absolute atomic E-state index is 3.78. The number of hydrogen-bond donors (Lipinski definition) is 0. The molecular formula is C37H47Cl3SiTi. The molecule has 0 aliphatic heterocycles. The molecule has 0 aromatic heterocycles. The molecule has 0 atom stereocenters. The van der Waals surface area contributed by atoms with Crippen molar-refractivity contribution in [3.63, 3.8) is 0 Å². The molecule has 3 aromatic rings. The van der Waals surface area contributed by atoms with E-state index >= 15 is 0 Å². The minimum atomic E-state index is -2.59. The third-order valence-electron chi connectivity index (χ3n) is 8.90. The number of allylic oxidation sites excluding steroid dienone is 4. The zero-order valence-electron chi connectivity index (χ0n) is 26.8. The summed E-state index contributed by atoms with van der Waals surface area (Å²) < 4.78 is 0. The Morgan fingerprint density at radius 1 is 0.500 bits per heavy atom. The van der Waals surface area contributed by atoms with E-state index in [0.29, 0.717) is 0 Å². The fraction of sp³-hybridized carbons (Fsp3) is 0.405. The molecule has 0 fully saturated rings. The maximum Gasteiger partial charge on any atom is 4.00 e. The summed E-state index contributed by atoms with van der Waals surface area (Å²) in [4.78, 5) is 0. The Balaban J connectivity index is 0.00000420. The van der Waals surface area contributed by atoms with Gasteiger partial charge in [-0.05, 0) is 87.5 Å². The second kappa shape index (κ2) is 18.0. The molecule has 0 radical (unpaired) electrons. The second-order valence-corrected chi connectivity index (χ2v) is 14.9. The van der Waals surface area contributed by atoms with E-state index in [2.05, 4.69) is 116 Å². The average Bonchev–Trinajstić information content (AvgIpc) is 3.30. The smallest absolute Gasteiger partial charge is 1.00 e. The van der Waals surface area contributed by atoms with Crippen molar-refractivity contribution in [1.82, 2.24) is 0 Å². The third-order valence-corrected chi connectivity index (χ3v) is 13.8. The van der Waals surface area contributed by atoms with Gasteiger partial charge in [-0.25, -0.2) is 11.1 Å². The van der Waals surface area contributed by atoms with Crippen LogP contribution in [0.15, 0.2) is 70.9 Å². The number of aryl methyl sites for hydroxylation is 6. The van der Waals surface area contributed by atoms with E-state index < -0.39 is 8.07 Å². The molecule has 0 amide bonds. The van der Waals surface area contributed by atoms with E-state index in [4.69, 9.17) is 0 Å². The molecule has 0 N–H and O–H groups in total. The maximum atomic E-state index is 3.78. The second-order valence-electron chi connectivity index (χ2n) is 11.1. The molecule has 0 spiro atoms. The molecular weight excluding hydrogens is 627 g/mol. The fourth-order valence-electron chi connectivity index (χ4n) is 6.31. The summed E-state index contributed by atoms with van der Waals surface area (Å²) in [5.74, 6) is 0. The van der Waals surface area contributed by atoms with Gasteiger partial charge in [0.1, 0.15) is 0 Å². The van der Waals surface area contributed by atoms with Gasteiger partial charge in [-0.1, -0.05) is 103 Å². The van der Waals surface area contributed by atoms with Crippen molar-refractivity contribution in [3.05, 3.63) is 110 Å². The largest absolute Gasteiger partial charge is 4.00 e. The van der Waals surface area contributed by atoms with Gasteiger partial charge in [0.15, 0.2) is 8.07 Å². The van der Waals surface area contributed by atoms with E-state index in [9.17, 15) is 0 Å². The topological polar surface area (TPSA) is 0 Å².